The molecule has 0 aliphatic carbocycles. The number of hydrogen-bond acceptors (Lipinski definition) is 6. The zero-order chi connectivity index (χ0) is 19.9. The van der Waals surface area contributed by atoms with Crippen molar-refractivity contribution in [3.05, 3.63) is 59.0 Å². The highest BCUT2D eigenvalue weighted by molar-refractivity contribution is 8.18. The molecule has 1 heterocycles. The molecule has 1 aliphatic heterocycles. The molecule has 1 saturated heterocycles. The number of ether oxygens (including phenoxy) is 2. The third-order valence-corrected chi connectivity index (χ3v) is 4.63. The Morgan fingerprint density at radius 1 is 1.14 bits per heavy atom. The van der Waals surface area contributed by atoms with Gasteiger partial charge < -0.3 is 19.9 Å². The van der Waals surface area contributed by atoms with Crippen molar-refractivity contribution >= 4 is 40.6 Å². The maximum Gasteiger partial charge on any atom is 0.306 e. The summed E-state index contributed by atoms with van der Waals surface area (Å²) in [6.45, 7) is 0.110. The molecule has 2 aromatic rings. The van der Waals surface area contributed by atoms with Gasteiger partial charge in [0, 0.05) is 0 Å². The van der Waals surface area contributed by atoms with Gasteiger partial charge in [-0.05, 0) is 59.8 Å². The van der Waals surface area contributed by atoms with Gasteiger partial charge in [-0.25, -0.2) is 4.99 Å². The summed E-state index contributed by atoms with van der Waals surface area (Å²) in [5, 5.41) is 11.9. The number of carboxylic acids is 1. The summed E-state index contributed by atoms with van der Waals surface area (Å²) in [5.41, 5.74) is 1.54. The van der Waals surface area contributed by atoms with E-state index < -0.39 is 5.97 Å². The van der Waals surface area contributed by atoms with Gasteiger partial charge in [-0.2, -0.15) is 0 Å². The van der Waals surface area contributed by atoms with Crippen LogP contribution in [0.4, 0.5) is 5.69 Å². The molecule has 0 atom stereocenters. The summed E-state index contributed by atoms with van der Waals surface area (Å²) in [4.78, 5) is 27.6. The van der Waals surface area contributed by atoms with Crippen molar-refractivity contribution in [3.8, 4) is 11.5 Å². The first-order valence-corrected chi connectivity index (χ1v) is 9.23. The lowest BCUT2D eigenvalue weighted by molar-refractivity contribution is -0.137. The van der Waals surface area contributed by atoms with Crippen molar-refractivity contribution in [2.45, 2.75) is 6.42 Å². The first kappa shape index (κ1) is 19.5. The van der Waals surface area contributed by atoms with E-state index in [1.54, 1.807) is 49.6 Å². The van der Waals surface area contributed by atoms with Crippen molar-refractivity contribution < 1.29 is 24.2 Å². The predicted octanol–water partition coefficient (Wildman–Crippen LogP) is 3.44. The molecule has 1 fully saturated rings. The van der Waals surface area contributed by atoms with E-state index in [4.69, 9.17) is 14.6 Å². The maximum absolute atomic E-state index is 12.2. The topological polar surface area (TPSA) is 97.2 Å². The summed E-state index contributed by atoms with van der Waals surface area (Å²) < 4.78 is 10.5. The normalized spacial score (nSPS) is 16.2. The van der Waals surface area contributed by atoms with Gasteiger partial charge >= 0.3 is 5.97 Å². The third-order valence-electron chi connectivity index (χ3n) is 3.72. The van der Waals surface area contributed by atoms with Gasteiger partial charge in [0.05, 0.1) is 30.7 Å². The third kappa shape index (κ3) is 5.37. The Hall–Kier alpha value is -3.26. The number of carbonyl (C=O) groups excluding carboxylic acids is 1. The van der Waals surface area contributed by atoms with Crippen LogP contribution in [0.3, 0.4) is 0 Å². The second kappa shape index (κ2) is 9.09. The zero-order valence-electron chi connectivity index (χ0n) is 15.0. The Kier molecular flexibility index (Phi) is 6.33. The minimum absolute atomic E-state index is 0.0566. The van der Waals surface area contributed by atoms with Crippen LogP contribution in [-0.2, 0) is 9.59 Å². The Morgan fingerprint density at radius 2 is 1.82 bits per heavy atom. The van der Waals surface area contributed by atoms with Gasteiger partial charge in [-0.15, -0.1) is 0 Å². The highest BCUT2D eigenvalue weighted by Gasteiger charge is 2.23. The van der Waals surface area contributed by atoms with Crippen LogP contribution in [0.5, 0.6) is 11.5 Å². The van der Waals surface area contributed by atoms with Crippen molar-refractivity contribution in [3.63, 3.8) is 0 Å². The summed E-state index contributed by atoms with van der Waals surface area (Å²) in [5.74, 6) is 0.202. The summed E-state index contributed by atoms with van der Waals surface area (Å²) in [6.07, 6.45) is 1.70. The van der Waals surface area contributed by atoms with Gasteiger partial charge in [0.1, 0.15) is 11.5 Å². The van der Waals surface area contributed by atoms with Crippen molar-refractivity contribution in [2.75, 3.05) is 13.7 Å². The standard InChI is InChI=1S/C20H18N2O5S/c1-26-15-8-4-14(5-9-15)21-20-22-19(25)17(28-20)12-13-2-6-16(7-3-13)27-11-10-18(23)24/h2-9,12H,10-11H2,1H3,(H,23,24)(H,21,22,25)/b17-12+. The number of aliphatic imine (C=N–C) groups is 1. The molecule has 0 aromatic heterocycles. The van der Waals surface area contributed by atoms with Crippen LogP contribution in [-0.4, -0.2) is 35.9 Å². The van der Waals surface area contributed by atoms with E-state index in [0.717, 1.165) is 11.3 Å². The quantitative estimate of drug-likeness (QED) is 0.694. The SMILES string of the molecule is COc1ccc(N=C2NC(=O)/C(=C\c3ccc(OCCC(=O)O)cc3)S2)cc1. The number of rotatable bonds is 7. The lowest BCUT2D eigenvalue weighted by Crippen LogP contribution is -2.19. The summed E-state index contributed by atoms with van der Waals surface area (Å²) >= 11 is 1.26. The van der Waals surface area contributed by atoms with Crippen LogP contribution >= 0.6 is 11.8 Å². The van der Waals surface area contributed by atoms with Crippen LogP contribution in [0.25, 0.3) is 6.08 Å². The Labute approximate surface area is 166 Å². The molecule has 28 heavy (non-hydrogen) atoms. The first-order chi connectivity index (χ1) is 13.5. The fourth-order valence-corrected chi connectivity index (χ4v) is 3.16. The molecule has 2 aromatic carbocycles. The number of benzene rings is 2. The molecule has 1 aliphatic rings. The van der Waals surface area contributed by atoms with Gasteiger partial charge in [-0.3, -0.25) is 9.59 Å². The second-order valence-electron chi connectivity index (χ2n) is 5.74. The number of carboxylic acid groups (broad SMARTS) is 1. The first-order valence-electron chi connectivity index (χ1n) is 8.42. The van der Waals surface area contributed by atoms with Crippen molar-refractivity contribution in [1.82, 2.24) is 5.32 Å². The van der Waals surface area contributed by atoms with E-state index in [2.05, 4.69) is 10.3 Å². The van der Waals surface area contributed by atoms with Gasteiger partial charge in [0.25, 0.3) is 5.91 Å². The van der Waals surface area contributed by atoms with Gasteiger partial charge in [0.15, 0.2) is 5.17 Å². The molecule has 2 N–H and O–H groups in total. The molecule has 0 spiro atoms. The monoisotopic (exact) mass is 398 g/mol. The largest absolute Gasteiger partial charge is 0.497 e. The molecule has 0 bridgehead atoms. The summed E-state index contributed by atoms with van der Waals surface area (Å²) in [6, 6.07) is 14.3. The number of nitrogens with one attached hydrogen (secondary N) is 1. The van der Waals surface area contributed by atoms with Crippen LogP contribution in [0.2, 0.25) is 0 Å². The fourth-order valence-electron chi connectivity index (χ4n) is 2.32. The number of methoxy groups -OCH3 is 1. The van der Waals surface area contributed by atoms with E-state index in [1.165, 1.54) is 11.8 Å². The second-order valence-corrected chi connectivity index (χ2v) is 6.77. The molecular formula is C20H18N2O5S. The maximum atomic E-state index is 12.2. The number of aliphatic carboxylic acids is 1. The van der Waals surface area contributed by atoms with Crippen LogP contribution < -0.4 is 14.8 Å². The molecule has 8 heteroatoms. The summed E-state index contributed by atoms with van der Waals surface area (Å²) in [7, 11) is 1.60. The minimum Gasteiger partial charge on any atom is -0.497 e. The van der Waals surface area contributed by atoms with Crippen molar-refractivity contribution in [1.29, 1.82) is 0 Å². The average Bonchev–Trinajstić information content (AvgIpc) is 3.02. The highest BCUT2D eigenvalue weighted by Crippen LogP contribution is 2.29. The van der Waals surface area contributed by atoms with Crippen LogP contribution in [0.15, 0.2) is 58.4 Å². The number of hydrogen-bond donors (Lipinski definition) is 2. The lowest BCUT2D eigenvalue weighted by atomic mass is 10.2. The molecule has 0 radical (unpaired) electrons. The number of amidine groups is 1. The minimum atomic E-state index is -0.905. The van der Waals surface area contributed by atoms with Gasteiger partial charge in [-0.1, -0.05) is 12.1 Å². The smallest absolute Gasteiger partial charge is 0.306 e. The molecule has 3 rings (SSSR count). The Bertz CT molecular complexity index is 921. The number of carbonyl (C=O) groups is 2. The lowest BCUT2D eigenvalue weighted by Gasteiger charge is -2.04. The zero-order valence-corrected chi connectivity index (χ0v) is 15.9. The van der Waals surface area contributed by atoms with E-state index in [0.29, 0.717) is 21.5 Å². The van der Waals surface area contributed by atoms with E-state index in [1.807, 2.05) is 12.1 Å². The molecule has 0 unspecified atom stereocenters. The van der Waals surface area contributed by atoms with Gasteiger partial charge in [0.2, 0.25) is 0 Å². The molecule has 7 nitrogen and oxygen atoms in total. The Balaban J connectivity index is 1.64. The average molecular weight is 398 g/mol. The number of amides is 1. The number of thioether (sulfide) groups is 1. The highest BCUT2D eigenvalue weighted by atomic mass is 32.2. The van der Waals surface area contributed by atoms with Crippen molar-refractivity contribution in [2.24, 2.45) is 4.99 Å². The molecule has 144 valence electrons. The predicted molar refractivity (Wildman–Crippen MR) is 108 cm³/mol. The van der Waals surface area contributed by atoms with E-state index >= 15 is 0 Å². The Morgan fingerprint density at radius 3 is 2.46 bits per heavy atom. The van der Waals surface area contributed by atoms with E-state index in [9.17, 15) is 9.59 Å². The van der Waals surface area contributed by atoms with Crippen LogP contribution in [0.1, 0.15) is 12.0 Å². The fraction of sp³-hybridized carbons (Fsp3) is 0.150. The van der Waals surface area contributed by atoms with E-state index in [-0.39, 0.29) is 18.9 Å². The van der Waals surface area contributed by atoms with Crippen LogP contribution in [0, 0.1) is 0 Å². The molecule has 1 amide bonds. The molecule has 0 saturated carbocycles. The number of nitrogens with zero attached hydrogens (tertiary/aromatic N) is 1. The molecular weight excluding hydrogens is 380 g/mol.